The van der Waals surface area contributed by atoms with Gasteiger partial charge in [-0.3, -0.25) is 9.59 Å². The third-order valence-corrected chi connectivity index (χ3v) is 3.17. The van der Waals surface area contributed by atoms with E-state index >= 15 is 0 Å². The van der Waals surface area contributed by atoms with Crippen LogP contribution < -0.4 is 5.32 Å². The summed E-state index contributed by atoms with van der Waals surface area (Å²) < 4.78 is 34.1. The topological polar surface area (TPSA) is 88.8 Å². The van der Waals surface area contributed by atoms with E-state index < -0.39 is 23.7 Å². The Morgan fingerprint density at radius 3 is 2.76 bits per heavy atom. The Bertz CT molecular complexity index is 480. The first-order valence-corrected chi connectivity index (χ1v) is 6.98. The van der Waals surface area contributed by atoms with Gasteiger partial charge in [0.1, 0.15) is 5.76 Å². The molecule has 0 spiro atoms. The molecular formula is C12H15F2NO5S. The lowest BCUT2D eigenvalue weighted by Gasteiger charge is -2.13. The molecule has 1 heterocycles. The quantitative estimate of drug-likeness (QED) is 0.722. The van der Waals surface area contributed by atoms with Crippen molar-refractivity contribution in [2.45, 2.75) is 24.0 Å². The average Bonchev–Trinajstić information content (AvgIpc) is 2.89. The number of ether oxygens (including phenoxy) is 1. The summed E-state index contributed by atoms with van der Waals surface area (Å²) in [6.45, 7) is 0.00342. The summed E-state index contributed by atoms with van der Waals surface area (Å²) in [5.74, 6) is -3.91. The molecule has 1 aromatic heterocycles. The Balaban J connectivity index is 2.46. The summed E-state index contributed by atoms with van der Waals surface area (Å²) >= 11 is 0.394. The first kappa shape index (κ1) is 17.4. The fourth-order valence-corrected chi connectivity index (χ4v) is 1.90. The van der Waals surface area contributed by atoms with E-state index in [0.717, 1.165) is 0 Å². The van der Waals surface area contributed by atoms with Crippen LogP contribution in [0.3, 0.4) is 0 Å². The molecule has 1 atom stereocenters. The molecular weight excluding hydrogens is 308 g/mol. The molecule has 0 saturated carbocycles. The van der Waals surface area contributed by atoms with Gasteiger partial charge in [0, 0.05) is 13.7 Å². The number of hydrogen-bond acceptors (Lipinski definition) is 5. The number of rotatable bonds is 9. The molecule has 0 radical (unpaired) electrons. The number of aliphatic carboxylic acids is 1. The summed E-state index contributed by atoms with van der Waals surface area (Å²) in [5, 5.41) is 11.1. The van der Waals surface area contributed by atoms with E-state index in [0.29, 0.717) is 11.8 Å². The number of carbonyl (C=O) groups is 2. The van der Waals surface area contributed by atoms with E-state index in [1.807, 2.05) is 0 Å². The maximum atomic E-state index is 12.0. The number of nitrogens with one attached hydrogen (secondary N) is 1. The van der Waals surface area contributed by atoms with Crippen molar-refractivity contribution in [3.05, 3.63) is 23.7 Å². The second-order valence-electron chi connectivity index (χ2n) is 4.00. The third-order valence-electron chi connectivity index (χ3n) is 2.46. The largest absolute Gasteiger partial charge is 0.481 e. The van der Waals surface area contributed by atoms with Crippen LogP contribution in [0.1, 0.15) is 22.7 Å². The van der Waals surface area contributed by atoms with E-state index in [1.165, 1.54) is 19.2 Å². The minimum atomic E-state index is -2.51. The van der Waals surface area contributed by atoms with Gasteiger partial charge in [-0.2, -0.15) is 8.78 Å². The van der Waals surface area contributed by atoms with E-state index in [1.54, 1.807) is 0 Å². The number of carboxylic acids is 1. The molecule has 1 rings (SSSR count). The molecule has 1 aromatic rings. The van der Waals surface area contributed by atoms with Gasteiger partial charge in [-0.1, -0.05) is 11.8 Å². The first-order chi connectivity index (χ1) is 9.92. The van der Waals surface area contributed by atoms with Crippen molar-refractivity contribution in [2.24, 2.45) is 0 Å². The molecule has 0 bridgehead atoms. The fourth-order valence-electron chi connectivity index (χ4n) is 1.45. The van der Waals surface area contributed by atoms with Crippen LogP contribution >= 0.6 is 11.8 Å². The summed E-state index contributed by atoms with van der Waals surface area (Å²) in [6.07, 6.45) is -0.902. The second kappa shape index (κ2) is 8.63. The number of furan rings is 1. The van der Waals surface area contributed by atoms with Gasteiger partial charge in [-0.25, -0.2) is 0 Å². The highest BCUT2D eigenvalue weighted by atomic mass is 32.2. The Labute approximate surface area is 123 Å². The van der Waals surface area contributed by atoms with Crippen LogP contribution in [0.5, 0.6) is 0 Å². The van der Waals surface area contributed by atoms with E-state index in [4.69, 9.17) is 14.3 Å². The zero-order valence-corrected chi connectivity index (χ0v) is 12.0. The van der Waals surface area contributed by atoms with Gasteiger partial charge in [0.2, 0.25) is 0 Å². The molecule has 6 nitrogen and oxygen atoms in total. The normalized spacial score (nSPS) is 12.4. The molecule has 21 heavy (non-hydrogen) atoms. The monoisotopic (exact) mass is 323 g/mol. The smallest absolute Gasteiger partial charge is 0.306 e. The molecule has 0 aromatic carbocycles. The van der Waals surface area contributed by atoms with Crippen molar-refractivity contribution >= 4 is 23.6 Å². The molecule has 0 saturated heterocycles. The molecule has 0 aliphatic carbocycles. The summed E-state index contributed by atoms with van der Waals surface area (Å²) in [6, 6.07) is 2.81. The number of halogens is 2. The Morgan fingerprint density at radius 2 is 2.19 bits per heavy atom. The van der Waals surface area contributed by atoms with Gasteiger partial charge >= 0.3 is 5.97 Å². The van der Waals surface area contributed by atoms with Crippen molar-refractivity contribution in [1.29, 1.82) is 0 Å². The summed E-state index contributed by atoms with van der Waals surface area (Å²) in [4.78, 5) is 22.3. The zero-order chi connectivity index (χ0) is 15.8. The number of hydrogen-bond donors (Lipinski definition) is 2. The molecule has 118 valence electrons. The highest BCUT2D eigenvalue weighted by Crippen LogP contribution is 2.21. The fraction of sp³-hybridized carbons (Fsp3) is 0.500. The maximum absolute atomic E-state index is 12.0. The maximum Gasteiger partial charge on any atom is 0.306 e. The van der Waals surface area contributed by atoms with E-state index in [-0.39, 0.29) is 30.2 Å². The molecule has 2 N–H and O–H groups in total. The highest BCUT2D eigenvalue weighted by molar-refractivity contribution is 7.98. The van der Waals surface area contributed by atoms with Gasteiger partial charge in [-0.05, 0) is 12.1 Å². The van der Waals surface area contributed by atoms with Gasteiger partial charge < -0.3 is 19.6 Å². The summed E-state index contributed by atoms with van der Waals surface area (Å²) in [7, 11) is 1.34. The van der Waals surface area contributed by atoms with Crippen molar-refractivity contribution in [3.63, 3.8) is 0 Å². The number of thioether (sulfide) groups is 1. The van der Waals surface area contributed by atoms with Gasteiger partial charge in [0.25, 0.3) is 11.7 Å². The minimum absolute atomic E-state index is 0.00342. The van der Waals surface area contributed by atoms with Crippen molar-refractivity contribution < 1.29 is 32.6 Å². The second-order valence-corrected chi connectivity index (χ2v) is 4.98. The van der Waals surface area contributed by atoms with Crippen LogP contribution in [0.2, 0.25) is 0 Å². The predicted molar refractivity (Wildman–Crippen MR) is 71.4 cm³/mol. The standard InChI is InChI=1S/C12H15F2NO5S/c1-19-8(4-10(16)17)5-15-11(18)9-3-2-7(20-9)6-21-12(13)14/h2-3,8,12H,4-6H2,1H3,(H,15,18)(H,16,17). The van der Waals surface area contributed by atoms with Gasteiger partial charge in [0.15, 0.2) is 5.76 Å². The Morgan fingerprint density at radius 1 is 1.48 bits per heavy atom. The van der Waals surface area contributed by atoms with E-state index in [9.17, 15) is 18.4 Å². The number of alkyl halides is 2. The van der Waals surface area contributed by atoms with Crippen LogP contribution in [0, 0.1) is 0 Å². The predicted octanol–water partition coefficient (Wildman–Crippen LogP) is 1.95. The summed E-state index contributed by atoms with van der Waals surface area (Å²) in [5.41, 5.74) is 0. The molecule has 0 aliphatic heterocycles. The minimum Gasteiger partial charge on any atom is -0.481 e. The molecule has 0 aliphatic rings. The van der Waals surface area contributed by atoms with Crippen molar-refractivity contribution in [1.82, 2.24) is 5.32 Å². The first-order valence-electron chi connectivity index (χ1n) is 5.93. The van der Waals surface area contributed by atoms with Gasteiger partial charge in [0.05, 0.1) is 18.3 Å². The highest BCUT2D eigenvalue weighted by Gasteiger charge is 2.16. The third kappa shape index (κ3) is 6.58. The van der Waals surface area contributed by atoms with Crippen LogP contribution in [0.15, 0.2) is 16.5 Å². The molecule has 1 amide bonds. The van der Waals surface area contributed by atoms with E-state index in [2.05, 4.69) is 5.32 Å². The van der Waals surface area contributed by atoms with Gasteiger partial charge in [-0.15, -0.1) is 0 Å². The Kier molecular flexibility index (Phi) is 7.17. The zero-order valence-electron chi connectivity index (χ0n) is 11.2. The SMILES string of the molecule is COC(CNC(=O)c1ccc(CSC(F)F)o1)CC(=O)O. The average molecular weight is 323 g/mol. The Hall–Kier alpha value is -1.61. The number of methoxy groups -OCH3 is 1. The van der Waals surface area contributed by atoms with Crippen molar-refractivity contribution in [3.8, 4) is 0 Å². The molecule has 0 fully saturated rings. The number of amides is 1. The molecule has 1 unspecified atom stereocenters. The van der Waals surface area contributed by atoms with Crippen LogP contribution in [-0.2, 0) is 15.3 Å². The number of carboxylic acid groups (broad SMARTS) is 1. The lowest BCUT2D eigenvalue weighted by atomic mass is 10.2. The van der Waals surface area contributed by atoms with Crippen LogP contribution in [0.4, 0.5) is 8.78 Å². The van der Waals surface area contributed by atoms with Crippen LogP contribution in [-0.4, -0.2) is 42.5 Å². The molecule has 9 heteroatoms. The lowest BCUT2D eigenvalue weighted by molar-refractivity contribution is -0.139. The van der Waals surface area contributed by atoms with Crippen LogP contribution in [0.25, 0.3) is 0 Å². The lowest BCUT2D eigenvalue weighted by Crippen LogP contribution is -2.34. The number of carbonyl (C=O) groups excluding carboxylic acids is 1. The van der Waals surface area contributed by atoms with Crippen molar-refractivity contribution in [2.75, 3.05) is 13.7 Å².